The van der Waals surface area contributed by atoms with Crippen LogP contribution < -0.4 is 5.32 Å². The van der Waals surface area contributed by atoms with Gasteiger partial charge >= 0.3 is 5.97 Å². The molecule has 0 saturated heterocycles. The number of carboxylic acid groups (broad SMARTS) is 1. The van der Waals surface area contributed by atoms with Gasteiger partial charge in [0.25, 0.3) is 0 Å². The number of aliphatic carboxylic acids is 1. The van der Waals surface area contributed by atoms with E-state index in [0.717, 1.165) is 11.3 Å². The lowest BCUT2D eigenvalue weighted by atomic mass is 10.2. The van der Waals surface area contributed by atoms with E-state index in [1.165, 1.54) is 0 Å². The van der Waals surface area contributed by atoms with Gasteiger partial charge in [0.2, 0.25) is 0 Å². The van der Waals surface area contributed by atoms with Gasteiger partial charge in [-0.2, -0.15) is 0 Å². The molecular weight excluding hydrogens is 178 g/mol. The third-order valence-electron chi connectivity index (χ3n) is 1.91. The Bertz CT molecular complexity index is 323. The number of anilines is 1. The zero-order chi connectivity index (χ0) is 10.6. The Morgan fingerprint density at radius 2 is 2.29 bits per heavy atom. The zero-order valence-electron chi connectivity index (χ0n) is 8.45. The molecule has 3 heteroatoms. The smallest absolute Gasteiger partial charge is 0.305 e. The maximum absolute atomic E-state index is 10.4. The van der Waals surface area contributed by atoms with Crippen molar-refractivity contribution in [2.24, 2.45) is 0 Å². The minimum atomic E-state index is -0.780. The number of aryl methyl sites for hydroxylation is 1. The van der Waals surface area contributed by atoms with Gasteiger partial charge in [0, 0.05) is 11.7 Å². The van der Waals surface area contributed by atoms with Crippen LogP contribution >= 0.6 is 0 Å². The molecule has 0 aliphatic heterocycles. The van der Waals surface area contributed by atoms with Crippen molar-refractivity contribution < 1.29 is 9.90 Å². The van der Waals surface area contributed by atoms with E-state index in [0.29, 0.717) is 0 Å². The van der Waals surface area contributed by atoms with E-state index in [-0.39, 0.29) is 12.5 Å². The summed E-state index contributed by atoms with van der Waals surface area (Å²) in [5, 5.41) is 11.7. The van der Waals surface area contributed by atoms with Gasteiger partial charge in [0.1, 0.15) is 0 Å². The Labute approximate surface area is 83.8 Å². The maximum Gasteiger partial charge on any atom is 0.305 e. The molecule has 0 radical (unpaired) electrons. The molecular formula is C11H15NO2. The quantitative estimate of drug-likeness (QED) is 0.771. The van der Waals surface area contributed by atoms with Gasteiger partial charge in [-0.3, -0.25) is 4.79 Å². The van der Waals surface area contributed by atoms with E-state index in [2.05, 4.69) is 5.32 Å². The van der Waals surface area contributed by atoms with Crippen LogP contribution in [-0.2, 0) is 4.79 Å². The van der Waals surface area contributed by atoms with Crippen LogP contribution in [0.4, 0.5) is 5.69 Å². The van der Waals surface area contributed by atoms with Crippen molar-refractivity contribution in [2.75, 3.05) is 5.32 Å². The lowest BCUT2D eigenvalue weighted by Crippen LogP contribution is -2.19. The van der Waals surface area contributed by atoms with Crippen molar-refractivity contribution in [3.8, 4) is 0 Å². The van der Waals surface area contributed by atoms with E-state index >= 15 is 0 Å². The van der Waals surface area contributed by atoms with Gasteiger partial charge in [-0.15, -0.1) is 0 Å². The molecule has 0 aromatic heterocycles. The van der Waals surface area contributed by atoms with Crippen LogP contribution in [-0.4, -0.2) is 17.1 Å². The first-order valence-electron chi connectivity index (χ1n) is 4.63. The fraction of sp³-hybridized carbons (Fsp3) is 0.364. The monoisotopic (exact) mass is 193 g/mol. The lowest BCUT2D eigenvalue weighted by Gasteiger charge is -2.13. The molecule has 1 rings (SSSR count). The first kappa shape index (κ1) is 10.6. The topological polar surface area (TPSA) is 49.3 Å². The third-order valence-corrected chi connectivity index (χ3v) is 1.91. The Hall–Kier alpha value is -1.51. The van der Waals surface area contributed by atoms with Crippen LogP contribution in [0.3, 0.4) is 0 Å². The number of nitrogens with one attached hydrogen (secondary N) is 1. The van der Waals surface area contributed by atoms with Crippen molar-refractivity contribution in [3.63, 3.8) is 0 Å². The van der Waals surface area contributed by atoms with Crippen molar-refractivity contribution in [2.45, 2.75) is 26.3 Å². The number of hydrogen-bond acceptors (Lipinski definition) is 2. The molecule has 0 saturated carbocycles. The first-order valence-corrected chi connectivity index (χ1v) is 4.63. The minimum Gasteiger partial charge on any atom is -0.481 e. The lowest BCUT2D eigenvalue weighted by molar-refractivity contribution is -0.137. The number of carboxylic acids is 1. The molecule has 0 heterocycles. The fourth-order valence-electron chi connectivity index (χ4n) is 1.33. The number of hydrogen-bond donors (Lipinski definition) is 2. The fourth-order valence-corrected chi connectivity index (χ4v) is 1.33. The Kier molecular flexibility index (Phi) is 3.51. The largest absolute Gasteiger partial charge is 0.481 e. The Balaban J connectivity index is 2.55. The van der Waals surface area contributed by atoms with Gasteiger partial charge in [-0.05, 0) is 31.5 Å². The van der Waals surface area contributed by atoms with Crippen molar-refractivity contribution >= 4 is 11.7 Å². The molecule has 0 aliphatic rings. The molecule has 3 nitrogen and oxygen atoms in total. The number of carbonyl (C=O) groups is 1. The van der Waals surface area contributed by atoms with Crippen molar-refractivity contribution in [3.05, 3.63) is 29.8 Å². The number of benzene rings is 1. The maximum atomic E-state index is 10.4. The molecule has 0 aliphatic carbocycles. The van der Waals surface area contributed by atoms with Crippen LogP contribution in [0, 0.1) is 6.92 Å². The van der Waals surface area contributed by atoms with Crippen molar-refractivity contribution in [1.29, 1.82) is 0 Å². The van der Waals surface area contributed by atoms with E-state index in [9.17, 15) is 4.79 Å². The normalized spacial score (nSPS) is 12.1. The summed E-state index contributed by atoms with van der Waals surface area (Å²) in [5.41, 5.74) is 2.14. The van der Waals surface area contributed by atoms with Crippen LogP contribution in [0.15, 0.2) is 24.3 Å². The summed E-state index contributed by atoms with van der Waals surface area (Å²) in [6, 6.07) is 7.84. The standard InChI is InChI=1S/C11H15NO2/c1-8-4-3-5-10(6-8)12-9(2)7-11(13)14/h3-6,9,12H,7H2,1-2H3,(H,13,14). The molecule has 0 amide bonds. The molecule has 14 heavy (non-hydrogen) atoms. The SMILES string of the molecule is Cc1cccc(NC(C)CC(=O)O)c1. The summed E-state index contributed by atoms with van der Waals surface area (Å²) in [5.74, 6) is -0.780. The molecule has 1 aromatic carbocycles. The number of rotatable bonds is 4. The van der Waals surface area contributed by atoms with Crippen molar-refractivity contribution in [1.82, 2.24) is 0 Å². The summed E-state index contributed by atoms with van der Waals surface area (Å²) < 4.78 is 0. The van der Waals surface area contributed by atoms with Gasteiger partial charge in [-0.1, -0.05) is 12.1 Å². The summed E-state index contributed by atoms with van der Waals surface area (Å²) >= 11 is 0. The summed E-state index contributed by atoms with van der Waals surface area (Å²) in [4.78, 5) is 10.4. The minimum absolute atomic E-state index is 0.0469. The first-order chi connectivity index (χ1) is 6.58. The molecule has 2 N–H and O–H groups in total. The van der Waals surface area contributed by atoms with E-state index in [1.807, 2.05) is 38.1 Å². The third kappa shape index (κ3) is 3.47. The molecule has 76 valence electrons. The van der Waals surface area contributed by atoms with Gasteiger partial charge in [0.15, 0.2) is 0 Å². The second kappa shape index (κ2) is 4.65. The second-order valence-electron chi connectivity index (χ2n) is 3.51. The second-order valence-corrected chi connectivity index (χ2v) is 3.51. The average molecular weight is 193 g/mol. The summed E-state index contributed by atoms with van der Waals surface area (Å²) in [6.45, 7) is 3.86. The Morgan fingerprint density at radius 3 is 2.86 bits per heavy atom. The molecule has 1 atom stereocenters. The highest BCUT2D eigenvalue weighted by atomic mass is 16.4. The molecule has 0 spiro atoms. The highest BCUT2D eigenvalue weighted by molar-refractivity contribution is 5.68. The highest BCUT2D eigenvalue weighted by Gasteiger charge is 2.06. The highest BCUT2D eigenvalue weighted by Crippen LogP contribution is 2.11. The zero-order valence-corrected chi connectivity index (χ0v) is 8.45. The summed E-state index contributed by atoms with van der Waals surface area (Å²) in [7, 11) is 0. The van der Waals surface area contributed by atoms with Crippen LogP contribution in [0.25, 0.3) is 0 Å². The van der Waals surface area contributed by atoms with Crippen LogP contribution in [0.1, 0.15) is 18.9 Å². The molecule has 1 unspecified atom stereocenters. The van der Waals surface area contributed by atoms with Gasteiger partial charge < -0.3 is 10.4 Å². The Morgan fingerprint density at radius 1 is 1.57 bits per heavy atom. The molecule has 0 bridgehead atoms. The van der Waals surface area contributed by atoms with Gasteiger partial charge in [0.05, 0.1) is 6.42 Å². The molecule has 0 fully saturated rings. The van der Waals surface area contributed by atoms with Gasteiger partial charge in [-0.25, -0.2) is 0 Å². The average Bonchev–Trinajstić information content (AvgIpc) is 2.01. The van der Waals surface area contributed by atoms with Crippen LogP contribution in [0.5, 0.6) is 0 Å². The van der Waals surface area contributed by atoms with E-state index in [1.54, 1.807) is 0 Å². The predicted octanol–water partition coefficient (Wildman–Crippen LogP) is 2.27. The summed E-state index contributed by atoms with van der Waals surface area (Å²) in [6.07, 6.45) is 0.133. The molecule has 1 aromatic rings. The van der Waals surface area contributed by atoms with E-state index in [4.69, 9.17) is 5.11 Å². The van der Waals surface area contributed by atoms with Crippen LogP contribution in [0.2, 0.25) is 0 Å². The van der Waals surface area contributed by atoms with E-state index < -0.39 is 5.97 Å². The predicted molar refractivity (Wildman–Crippen MR) is 56.5 cm³/mol.